The molecule has 0 N–H and O–H groups in total. The number of hydrogen-bond donors (Lipinski definition) is 0. The van der Waals surface area contributed by atoms with Crippen LogP contribution >= 0.6 is 0 Å². The predicted molar refractivity (Wildman–Crippen MR) is 77.0 cm³/mol. The summed E-state index contributed by atoms with van der Waals surface area (Å²) in [6.07, 6.45) is 2.12. The number of rotatable bonds is 4. The van der Waals surface area contributed by atoms with Gasteiger partial charge in [-0.3, -0.25) is 0 Å². The van der Waals surface area contributed by atoms with Gasteiger partial charge in [0.2, 0.25) is 0 Å². The zero-order chi connectivity index (χ0) is 14.5. The summed E-state index contributed by atoms with van der Waals surface area (Å²) in [6, 6.07) is 6.60. The van der Waals surface area contributed by atoms with E-state index in [4.69, 9.17) is 14.2 Å². The van der Waals surface area contributed by atoms with E-state index >= 15 is 0 Å². The molecule has 1 atom stereocenters. The number of ether oxygens (including phenoxy) is 3. The van der Waals surface area contributed by atoms with Gasteiger partial charge >= 0.3 is 0 Å². The second-order valence-corrected chi connectivity index (χ2v) is 5.62. The van der Waals surface area contributed by atoms with Crippen molar-refractivity contribution in [1.82, 2.24) is 4.90 Å². The van der Waals surface area contributed by atoms with Crippen LogP contribution in [0.3, 0.4) is 0 Å². The number of halogens is 1. The maximum atomic E-state index is 13.6. The van der Waals surface area contributed by atoms with Crippen LogP contribution in [0.4, 0.5) is 4.39 Å². The van der Waals surface area contributed by atoms with Crippen molar-refractivity contribution in [3.63, 3.8) is 0 Å². The first-order chi connectivity index (χ1) is 10.3. The van der Waals surface area contributed by atoms with Gasteiger partial charge in [0, 0.05) is 19.6 Å². The van der Waals surface area contributed by atoms with Crippen molar-refractivity contribution in [2.24, 2.45) is 0 Å². The highest BCUT2D eigenvalue weighted by Gasteiger charge is 2.24. The molecular weight excluding hydrogens is 273 g/mol. The van der Waals surface area contributed by atoms with E-state index in [1.807, 2.05) is 0 Å². The molecular formula is C16H22FNO3. The van der Waals surface area contributed by atoms with E-state index in [2.05, 4.69) is 4.90 Å². The number of likely N-dealkylation sites (tertiary alicyclic amines) is 1. The fraction of sp³-hybridized carbons (Fsp3) is 0.625. The number of nitrogens with zero attached hydrogens (tertiary/aromatic N) is 1. The molecule has 0 radical (unpaired) electrons. The Morgan fingerprint density at radius 3 is 2.71 bits per heavy atom. The van der Waals surface area contributed by atoms with Crippen LogP contribution in [0.2, 0.25) is 0 Å². The van der Waals surface area contributed by atoms with E-state index in [0.29, 0.717) is 25.6 Å². The topological polar surface area (TPSA) is 30.9 Å². The van der Waals surface area contributed by atoms with Crippen LogP contribution in [0.1, 0.15) is 12.8 Å². The van der Waals surface area contributed by atoms with Crippen molar-refractivity contribution in [1.29, 1.82) is 0 Å². The normalized spacial score (nSPS) is 24.9. The molecule has 2 heterocycles. The summed E-state index contributed by atoms with van der Waals surface area (Å²) < 4.78 is 30.4. The van der Waals surface area contributed by atoms with Gasteiger partial charge in [-0.15, -0.1) is 0 Å². The van der Waals surface area contributed by atoms with Crippen LogP contribution in [-0.4, -0.2) is 56.6 Å². The Hall–Kier alpha value is -1.17. The Balaban J connectivity index is 1.43. The van der Waals surface area contributed by atoms with Crippen molar-refractivity contribution in [2.45, 2.75) is 25.0 Å². The Bertz CT molecular complexity index is 443. The Kier molecular flexibility index (Phi) is 5.06. The number of piperidine rings is 1. The van der Waals surface area contributed by atoms with E-state index < -0.39 is 0 Å². The standard InChI is InChI=1S/C16H22FNO3/c17-15-3-1-2-4-16(15)21-13-5-7-18(8-6-13)11-14-12-19-9-10-20-14/h1-4,13-14H,5-12H2/t14-/m1/s1. The van der Waals surface area contributed by atoms with Gasteiger partial charge in [0.25, 0.3) is 0 Å². The minimum atomic E-state index is -0.285. The van der Waals surface area contributed by atoms with Crippen LogP contribution in [0.15, 0.2) is 24.3 Å². The van der Waals surface area contributed by atoms with Gasteiger partial charge in [-0.2, -0.15) is 0 Å². The summed E-state index contributed by atoms with van der Waals surface area (Å²) in [4.78, 5) is 2.38. The second-order valence-electron chi connectivity index (χ2n) is 5.62. The van der Waals surface area contributed by atoms with Crippen molar-refractivity contribution in [3.05, 3.63) is 30.1 Å². The molecule has 0 amide bonds. The van der Waals surface area contributed by atoms with E-state index in [1.165, 1.54) is 6.07 Å². The largest absolute Gasteiger partial charge is 0.487 e. The first kappa shape index (κ1) is 14.8. The zero-order valence-electron chi connectivity index (χ0n) is 12.2. The van der Waals surface area contributed by atoms with Crippen molar-refractivity contribution >= 4 is 0 Å². The van der Waals surface area contributed by atoms with Crippen molar-refractivity contribution in [2.75, 3.05) is 39.5 Å². The van der Waals surface area contributed by atoms with Crippen LogP contribution in [0, 0.1) is 5.82 Å². The molecule has 2 saturated heterocycles. The summed E-state index contributed by atoms with van der Waals surface area (Å²) in [5.41, 5.74) is 0. The second kappa shape index (κ2) is 7.20. The van der Waals surface area contributed by atoms with Gasteiger partial charge in [0.1, 0.15) is 6.10 Å². The molecule has 5 heteroatoms. The summed E-state index contributed by atoms with van der Waals surface area (Å²) in [5, 5.41) is 0. The summed E-state index contributed by atoms with van der Waals surface area (Å²) in [7, 11) is 0. The Labute approximate surface area is 124 Å². The molecule has 0 aliphatic carbocycles. The lowest BCUT2D eigenvalue weighted by atomic mass is 10.1. The van der Waals surface area contributed by atoms with Crippen molar-refractivity contribution in [3.8, 4) is 5.75 Å². The van der Waals surface area contributed by atoms with Gasteiger partial charge in [-0.05, 0) is 25.0 Å². The van der Waals surface area contributed by atoms with Crippen molar-refractivity contribution < 1.29 is 18.6 Å². The molecule has 0 aromatic heterocycles. The van der Waals surface area contributed by atoms with Gasteiger partial charge in [0.05, 0.1) is 25.9 Å². The van der Waals surface area contributed by atoms with Gasteiger partial charge < -0.3 is 19.1 Å². The minimum Gasteiger partial charge on any atom is -0.487 e. The monoisotopic (exact) mass is 295 g/mol. The molecule has 21 heavy (non-hydrogen) atoms. The van der Waals surface area contributed by atoms with E-state index in [9.17, 15) is 4.39 Å². The van der Waals surface area contributed by atoms with Crippen LogP contribution in [0.5, 0.6) is 5.75 Å². The molecule has 0 unspecified atom stereocenters. The predicted octanol–water partition coefficient (Wildman–Crippen LogP) is 2.08. The number of para-hydroxylation sites is 1. The smallest absolute Gasteiger partial charge is 0.165 e. The summed E-state index contributed by atoms with van der Waals surface area (Å²) in [5.74, 6) is 0.0765. The highest BCUT2D eigenvalue weighted by Crippen LogP contribution is 2.22. The van der Waals surface area contributed by atoms with Gasteiger partial charge in [-0.1, -0.05) is 12.1 Å². The maximum absolute atomic E-state index is 13.6. The summed E-state index contributed by atoms with van der Waals surface area (Å²) in [6.45, 7) is 4.91. The first-order valence-electron chi connectivity index (χ1n) is 7.64. The summed E-state index contributed by atoms with van der Waals surface area (Å²) >= 11 is 0. The molecule has 1 aromatic carbocycles. The third-order valence-electron chi connectivity index (χ3n) is 4.01. The van der Waals surface area contributed by atoms with Gasteiger partial charge in [-0.25, -0.2) is 4.39 Å². The first-order valence-corrected chi connectivity index (χ1v) is 7.64. The lowest BCUT2D eigenvalue weighted by Crippen LogP contribution is -2.45. The third kappa shape index (κ3) is 4.15. The molecule has 0 bridgehead atoms. The molecule has 2 fully saturated rings. The molecule has 2 aliphatic rings. The average Bonchev–Trinajstić information content (AvgIpc) is 2.52. The van der Waals surface area contributed by atoms with Crippen LogP contribution in [-0.2, 0) is 9.47 Å². The van der Waals surface area contributed by atoms with Crippen LogP contribution < -0.4 is 4.74 Å². The quantitative estimate of drug-likeness (QED) is 0.851. The zero-order valence-corrected chi connectivity index (χ0v) is 12.2. The lowest BCUT2D eigenvalue weighted by Gasteiger charge is -2.35. The molecule has 2 aliphatic heterocycles. The molecule has 0 spiro atoms. The fourth-order valence-electron chi connectivity index (χ4n) is 2.86. The van der Waals surface area contributed by atoms with E-state index in [0.717, 1.165) is 32.5 Å². The third-order valence-corrected chi connectivity index (χ3v) is 4.01. The van der Waals surface area contributed by atoms with E-state index in [-0.39, 0.29) is 18.0 Å². The molecule has 0 saturated carbocycles. The highest BCUT2D eigenvalue weighted by atomic mass is 19.1. The number of benzene rings is 1. The molecule has 116 valence electrons. The van der Waals surface area contributed by atoms with Crippen LogP contribution in [0.25, 0.3) is 0 Å². The maximum Gasteiger partial charge on any atom is 0.165 e. The SMILES string of the molecule is Fc1ccccc1OC1CCN(C[C@@H]2COCCO2)CC1. The lowest BCUT2D eigenvalue weighted by molar-refractivity contribution is -0.100. The minimum absolute atomic E-state index is 0.0988. The average molecular weight is 295 g/mol. The number of hydrogen-bond acceptors (Lipinski definition) is 4. The highest BCUT2D eigenvalue weighted by molar-refractivity contribution is 5.23. The van der Waals surface area contributed by atoms with E-state index in [1.54, 1.807) is 18.2 Å². The Morgan fingerprint density at radius 1 is 1.19 bits per heavy atom. The Morgan fingerprint density at radius 2 is 2.00 bits per heavy atom. The molecule has 1 aromatic rings. The fourth-order valence-corrected chi connectivity index (χ4v) is 2.86. The molecule has 3 rings (SSSR count). The molecule has 4 nitrogen and oxygen atoms in total. The van der Waals surface area contributed by atoms with Gasteiger partial charge in [0.15, 0.2) is 11.6 Å².